The number of thiazole rings is 1. The summed E-state index contributed by atoms with van der Waals surface area (Å²) in [6.45, 7) is 0. The zero-order chi connectivity index (χ0) is 20.2. The van der Waals surface area contributed by atoms with E-state index in [0.717, 1.165) is 21.3 Å². The van der Waals surface area contributed by atoms with E-state index < -0.39 is 0 Å². The molecule has 0 aliphatic heterocycles. The van der Waals surface area contributed by atoms with Crippen LogP contribution in [0.3, 0.4) is 0 Å². The number of thioether (sulfide) groups is 1. The number of anilines is 1. The average molecular weight is 489 g/mol. The standard InChI is InChI=1S/C20H14BrFN4OS2/c21-14-5-1-13(2-6-14)18-25-17(12-3-7-15(22)8-4-12)19(26-18)29-11-16(27)24-20-23-9-10-28-20/h1-10H,11H2,(H,25,26)(H,23,24,27). The van der Waals surface area contributed by atoms with Gasteiger partial charge in [0.15, 0.2) is 5.13 Å². The predicted molar refractivity (Wildman–Crippen MR) is 119 cm³/mol. The van der Waals surface area contributed by atoms with Crippen molar-refractivity contribution in [2.45, 2.75) is 5.03 Å². The highest BCUT2D eigenvalue weighted by atomic mass is 79.9. The van der Waals surface area contributed by atoms with Crippen LogP contribution < -0.4 is 5.32 Å². The normalized spacial score (nSPS) is 10.8. The molecule has 2 aromatic carbocycles. The Morgan fingerprint density at radius 2 is 1.86 bits per heavy atom. The van der Waals surface area contributed by atoms with E-state index in [0.29, 0.717) is 16.0 Å². The number of nitrogens with one attached hydrogen (secondary N) is 2. The number of hydrogen-bond acceptors (Lipinski definition) is 5. The summed E-state index contributed by atoms with van der Waals surface area (Å²) in [5, 5.41) is 5.79. The molecule has 146 valence electrons. The van der Waals surface area contributed by atoms with Gasteiger partial charge in [0.25, 0.3) is 0 Å². The van der Waals surface area contributed by atoms with Gasteiger partial charge in [-0.1, -0.05) is 39.8 Å². The molecule has 2 heterocycles. The van der Waals surface area contributed by atoms with Gasteiger partial charge in [0.05, 0.1) is 11.4 Å². The van der Waals surface area contributed by atoms with Crippen LogP contribution in [0.2, 0.25) is 0 Å². The van der Waals surface area contributed by atoms with Gasteiger partial charge in [0.1, 0.15) is 16.7 Å². The predicted octanol–water partition coefficient (Wildman–Crippen LogP) is 5.83. The first-order chi connectivity index (χ1) is 14.1. The first kappa shape index (κ1) is 19.8. The number of aromatic amines is 1. The number of benzene rings is 2. The Labute approximate surface area is 182 Å². The maximum absolute atomic E-state index is 13.4. The third-order valence-corrected chi connectivity index (χ3v) is 6.13. The second kappa shape index (κ2) is 8.89. The van der Waals surface area contributed by atoms with Gasteiger partial charge in [-0.25, -0.2) is 14.4 Å². The van der Waals surface area contributed by atoms with Crippen LogP contribution in [-0.4, -0.2) is 26.6 Å². The monoisotopic (exact) mass is 488 g/mol. The van der Waals surface area contributed by atoms with E-state index in [4.69, 9.17) is 0 Å². The Morgan fingerprint density at radius 3 is 2.55 bits per heavy atom. The van der Waals surface area contributed by atoms with E-state index in [-0.39, 0.29) is 17.5 Å². The van der Waals surface area contributed by atoms with Gasteiger partial charge in [0, 0.05) is 27.2 Å². The summed E-state index contributed by atoms with van der Waals surface area (Å²) < 4.78 is 14.3. The number of amides is 1. The SMILES string of the molecule is O=C(CSc1nc(-c2ccc(Br)cc2)[nH]c1-c1ccc(F)cc1)Nc1nccs1. The molecule has 0 radical (unpaired) electrons. The molecule has 9 heteroatoms. The molecule has 0 atom stereocenters. The van der Waals surface area contributed by atoms with E-state index in [2.05, 4.69) is 36.2 Å². The molecule has 1 amide bonds. The number of hydrogen-bond donors (Lipinski definition) is 2. The molecule has 0 saturated heterocycles. The maximum atomic E-state index is 13.4. The molecule has 0 aliphatic rings. The topological polar surface area (TPSA) is 70.7 Å². The fourth-order valence-electron chi connectivity index (χ4n) is 2.59. The van der Waals surface area contributed by atoms with Gasteiger partial charge in [0.2, 0.25) is 5.91 Å². The summed E-state index contributed by atoms with van der Waals surface area (Å²) in [6, 6.07) is 13.9. The first-order valence-electron chi connectivity index (χ1n) is 8.52. The number of carbonyl (C=O) groups is 1. The zero-order valence-electron chi connectivity index (χ0n) is 14.9. The van der Waals surface area contributed by atoms with Crippen LogP contribution in [-0.2, 0) is 4.79 Å². The lowest BCUT2D eigenvalue weighted by Gasteiger charge is -2.03. The van der Waals surface area contributed by atoms with Gasteiger partial charge in [-0.15, -0.1) is 11.3 Å². The Hall–Kier alpha value is -2.49. The fourth-order valence-corrected chi connectivity index (χ4v) is 4.21. The van der Waals surface area contributed by atoms with Gasteiger partial charge in [-0.3, -0.25) is 4.79 Å². The smallest absolute Gasteiger partial charge is 0.236 e. The summed E-state index contributed by atoms with van der Waals surface area (Å²) in [4.78, 5) is 24.3. The lowest BCUT2D eigenvalue weighted by molar-refractivity contribution is -0.113. The van der Waals surface area contributed by atoms with Gasteiger partial charge >= 0.3 is 0 Å². The molecule has 2 N–H and O–H groups in total. The Balaban J connectivity index is 1.60. The minimum Gasteiger partial charge on any atom is -0.337 e. The highest BCUT2D eigenvalue weighted by Gasteiger charge is 2.16. The summed E-state index contributed by atoms with van der Waals surface area (Å²) >= 11 is 6.10. The molecular weight excluding hydrogens is 475 g/mol. The van der Waals surface area contributed by atoms with Crippen molar-refractivity contribution in [1.29, 1.82) is 0 Å². The van der Waals surface area contributed by atoms with Crippen LogP contribution in [0.25, 0.3) is 22.6 Å². The minimum atomic E-state index is -0.307. The highest BCUT2D eigenvalue weighted by Crippen LogP contribution is 2.33. The molecule has 2 aromatic heterocycles. The van der Waals surface area contributed by atoms with E-state index in [9.17, 15) is 9.18 Å². The van der Waals surface area contributed by atoms with Crippen molar-refractivity contribution in [3.8, 4) is 22.6 Å². The Kier molecular flexibility index (Phi) is 6.08. The quantitative estimate of drug-likeness (QED) is 0.334. The second-order valence-corrected chi connectivity index (χ2v) is 8.73. The van der Waals surface area contributed by atoms with Crippen molar-refractivity contribution in [1.82, 2.24) is 15.0 Å². The average Bonchev–Trinajstić information content (AvgIpc) is 3.37. The molecule has 0 fully saturated rings. The Morgan fingerprint density at radius 1 is 1.14 bits per heavy atom. The Bertz CT molecular complexity index is 1110. The number of rotatable bonds is 6. The molecule has 4 aromatic rings. The molecule has 0 bridgehead atoms. The zero-order valence-corrected chi connectivity index (χ0v) is 18.1. The van der Waals surface area contributed by atoms with E-state index in [1.807, 2.05) is 24.3 Å². The van der Waals surface area contributed by atoms with Crippen LogP contribution >= 0.6 is 39.0 Å². The van der Waals surface area contributed by atoms with Crippen molar-refractivity contribution in [3.63, 3.8) is 0 Å². The summed E-state index contributed by atoms with van der Waals surface area (Å²) in [7, 11) is 0. The molecular formula is C20H14BrFN4OS2. The van der Waals surface area contributed by atoms with Crippen LogP contribution in [0.4, 0.5) is 9.52 Å². The summed E-state index contributed by atoms with van der Waals surface area (Å²) in [5.74, 6) is 0.388. The van der Waals surface area contributed by atoms with E-state index >= 15 is 0 Å². The largest absolute Gasteiger partial charge is 0.337 e. The van der Waals surface area contributed by atoms with Crippen molar-refractivity contribution in [2.75, 3.05) is 11.1 Å². The second-order valence-electron chi connectivity index (χ2n) is 5.95. The van der Waals surface area contributed by atoms with Gasteiger partial charge in [-0.2, -0.15) is 0 Å². The van der Waals surface area contributed by atoms with Crippen LogP contribution in [0, 0.1) is 5.82 Å². The summed E-state index contributed by atoms with van der Waals surface area (Å²) in [6.07, 6.45) is 1.64. The summed E-state index contributed by atoms with van der Waals surface area (Å²) in [5.41, 5.74) is 2.45. The highest BCUT2D eigenvalue weighted by molar-refractivity contribution is 9.10. The number of carbonyl (C=O) groups excluding carboxylic acids is 1. The van der Waals surface area contributed by atoms with Crippen molar-refractivity contribution >= 4 is 50.1 Å². The maximum Gasteiger partial charge on any atom is 0.236 e. The van der Waals surface area contributed by atoms with Crippen LogP contribution in [0.15, 0.2) is 69.6 Å². The lowest BCUT2D eigenvalue weighted by Crippen LogP contribution is -2.13. The number of H-pyrrole nitrogens is 1. The molecule has 5 nitrogen and oxygen atoms in total. The first-order valence-corrected chi connectivity index (χ1v) is 11.2. The van der Waals surface area contributed by atoms with Crippen molar-refractivity contribution in [2.24, 2.45) is 0 Å². The number of halogens is 2. The van der Waals surface area contributed by atoms with E-state index in [1.165, 1.54) is 35.2 Å². The van der Waals surface area contributed by atoms with Crippen LogP contribution in [0.1, 0.15) is 0 Å². The molecule has 29 heavy (non-hydrogen) atoms. The number of imidazole rings is 1. The van der Waals surface area contributed by atoms with Gasteiger partial charge in [-0.05, 0) is 36.4 Å². The fraction of sp³-hybridized carbons (Fsp3) is 0.0500. The third kappa shape index (κ3) is 4.92. The van der Waals surface area contributed by atoms with Gasteiger partial charge < -0.3 is 10.3 Å². The van der Waals surface area contributed by atoms with E-state index in [1.54, 1.807) is 23.7 Å². The van der Waals surface area contributed by atoms with Crippen molar-refractivity contribution < 1.29 is 9.18 Å². The van der Waals surface area contributed by atoms with Crippen LogP contribution in [0.5, 0.6) is 0 Å². The minimum absolute atomic E-state index is 0.164. The molecule has 0 unspecified atom stereocenters. The number of nitrogens with zero attached hydrogens (tertiary/aromatic N) is 2. The molecule has 0 aliphatic carbocycles. The lowest BCUT2D eigenvalue weighted by atomic mass is 10.2. The molecule has 0 saturated carbocycles. The van der Waals surface area contributed by atoms with Crippen molar-refractivity contribution in [3.05, 3.63) is 70.4 Å². The molecule has 4 rings (SSSR count). The molecule has 0 spiro atoms. The third-order valence-electron chi connectivity index (χ3n) is 3.94. The number of aromatic nitrogens is 3.